The monoisotopic (exact) mass is 518 g/mol. The van der Waals surface area contributed by atoms with E-state index < -0.39 is 9.84 Å². The Morgan fingerprint density at radius 3 is 2.32 bits per heavy atom. The van der Waals surface area contributed by atoms with Crippen LogP contribution in [-0.4, -0.2) is 57.8 Å². The third-order valence-electron chi connectivity index (χ3n) is 7.20. The molecular weight excluding hydrogens is 488 g/mol. The first-order valence-corrected chi connectivity index (χ1v) is 14.2. The first kappa shape index (κ1) is 25.0. The number of nitrogens with zero attached hydrogens (tertiary/aromatic N) is 2. The van der Waals surface area contributed by atoms with Crippen LogP contribution in [0.3, 0.4) is 0 Å². The van der Waals surface area contributed by atoms with Crippen molar-refractivity contribution < 1.29 is 22.7 Å². The van der Waals surface area contributed by atoms with E-state index in [1.54, 1.807) is 38.5 Å². The molecule has 1 fully saturated rings. The number of carbonyl (C=O) groups is 1. The molecule has 2 aliphatic rings. The van der Waals surface area contributed by atoms with Crippen LogP contribution in [0.15, 0.2) is 65.2 Å². The van der Waals surface area contributed by atoms with E-state index in [1.165, 1.54) is 11.8 Å². The Balaban J connectivity index is 1.48. The minimum Gasteiger partial charge on any atom is -0.493 e. The fourth-order valence-electron chi connectivity index (χ4n) is 5.25. The molecule has 0 atom stereocenters. The van der Waals surface area contributed by atoms with Gasteiger partial charge in [0, 0.05) is 36.7 Å². The van der Waals surface area contributed by atoms with Crippen LogP contribution in [0, 0.1) is 0 Å². The minimum absolute atomic E-state index is 0.0393. The molecule has 0 N–H and O–H groups in total. The molecule has 8 heteroatoms. The largest absolute Gasteiger partial charge is 0.493 e. The summed E-state index contributed by atoms with van der Waals surface area (Å²) in [4.78, 5) is 20.2. The number of benzene rings is 2. The number of rotatable bonds is 4. The Bertz CT molecular complexity index is 1500. The van der Waals surface area contributed by atoms with Crippen LogP contribution < -0.4 is 9.47 Å². The molecule has 0 saturated carbocycles. The average Bonchev–Trinajstić information content (AvgIpc) is 3.08. The zero-order valence-electron chi connectivity index (χ0n) is 21.3. The van der Waals surface area contributed by atoms with Gasteiger partial charge in [-0.3, -0.25) is 9.78 Å². The summed E-state index contributed by atoms with van der Waals surface area (Å²) in [7, 11) is -0.178. The molecule has 5 rings (SSSR count). The van der Waals surface area contributed by atoms with Gasteiger partial charge < -0.3 is 14.4 Å². The number of hydrogen-bond donors (Lipinski definition) is 0. The van der Waals surface area contributed by atoms with Gasteiger partial charge in [-0.2, -0.15) is 0 Å². The maximum absolute atomic E-state index is 13.3. The molecule has 192 valence electrons. The maximum Gasteiger partial charge on any atom is 0.254 e. The number of amides is 1. The Hall–Kier alpha value is -3.65. The second-order valence-corrected chi connectivity index (χ2v) is 11.5. The third-order valence-corrected chi connectivity index (χ3v) is 8.31. The summed E-state index contributed by atoms with van der Waals surface area (Å²) in [5.74, 6) is 1.07. The molecule has 0 radical (unpaired) electrons. The Labute approximate surface area is 217 Å². The van der Waals surface area contributed by atoms with E-state index in [0.717, 1.165) is 53.6 Å². The number of aromatic nitrogens is 1. The topological polar surface area (TPSA) is 85.8 Å². The summed E-state index contributed by atoms with van der Waals surface area (Å²) >= 11 is 0. The number of ether oxygens (including phenoxy) is 2. The summed E-state index contributed by atoms with van der Waals surface area (Å²) in [5, 5.41) is 0. The van der Waals surface area contributed by atoms with Crippen LogP contribution in [0.5, 0.6) is 11.5 Å². The summed E-state index contributed by atoms with van der Waals surface area (Å²) in [6.07, 6.45) is 6.04. The molecular formula is C29H30N2O5S. The number of fused-ring (bicyclic) bond motifs is 2. The SMILES string of the molecule is COc1ccc(C(=O)N2CCC(=C3c4ccc(S(C)(=O)=O)cc4CCc4cccnc43)CC2)cc1OC. The fourth-order valence-corrected chi connectivity index (χ4v) is 5.92. The summed E-state index contributed by atoms with van der Waals surface area (Å²) in [6.45, 7) is 1.18. The van der Waals surface area contributed by atoms with Crippen LogP contribution >= 0.6 is 0 Å². The van der Waals surface area contributed by atoms with Crippen LogP contribution in [0.2, 0.25) is 0 Å². The zero-order chi connectivity index (χ0) is 26.2. The second-order valence-electron chi connectivity index (χ2n) is 9.44. The van der Waals surface area contributed by atoms with Crippen molar-refractivity contribution in [3.05, 3.63) is 88.2 Å². The van der Waals surface area contributed by atoms with Gasteiger partial charge >= 0.3 is 0 Å². The first-order valence-electron chi connectivity index (χ1n) is 12.3. The van der Waals surface area contributed by atoms with E-state index in [1.807, 2.05) is 29.3 Å². The number of aryl methyl sites for hydroxylation is 2. The van der Waals surface area contributed by atoms with E-state index in [9.17, 15) is 13.2 Å². The van der Waals surface area contributed by atoms with Crippen molar-refractivity contribution in [3.8, 4) is 11.5 Å². The normalized spacial score (nSPS) is 15.5. The van der Waals surface area contributed by atoms with Crippen molar-refractivity contribution in [1.29, 1.82) is 0 Å². The number of methoxy groups -OCH3 is 2. The lowest BCUT2D eigenvalue weighted by atomic mass is 9.88. The van der Waals surface area contributed by atoms with Crippen molar-refractivity contribution in [1.82, 2.24) is 9.88 Å². The van der Waals surface area contributed by atoms with E-state index in [2.05, 4.69) is 6.07 Å². The van der Waals surface area contributed by atoms with Crippen LogP contribution in [0.1, 0.15) is 45.6 Å². The third kappa shape index (κ3) is 4.85. The molecule has 1 saturated heterocycles. The lowest BCUT2D eigenvalue weighted by Gasteiger charge is -2.30. The predicted molar refractivity (Wildman–Crippen MR) is 142 cm³/mol. The van der Waals surface area contributed by atoms with Gasteiger partial charge in [-0.25, -0.2) is 8.42 Å². The molecule has 1 aromatic heterocycles. The highest BCUT2D eigenvalue weighted by atomic mass is 32.2. The molecule has 0 bridgehead atoms. The number of likely N-dealkylation sites (tertiary alicyclic amines) is 1. The maximum atomic E-state index is 13.3. The Morgan fingerprint density at radius 2 is 1.62 bits per heavy atom. The van der Waals surface area contributed by atoms with Crippen LogP contribution in [0.4, 0.5) is 0 Å². The summed E-state index contributed by atoms with van der Waals surface area (Å²) in [5.41, 5.74) is 7.07. The van der Waals surface area contributed by atoms with Gasteiger partial charge in [0.15, 0.2) is 21.3 Å². The van der Waals surface area contributed by atoms with Crippen molar-refractivity contribution in [2.75, 3.05) is 33.6 Å². The second kappa shape index (κ2) is 10.0. The summed E-state index contributed by atoms with van der Waals surface area (Å²) in [6, 6.07) is 14.7. The molecule has 1 aliphatic heterocycles. The Morgan fingerprint density at radius 1 is 0.892 bits per heavy atom. The standard InChI is InChI=1S/C29H30N2O5S/c1-35-25-11-8-22(18-26(25)36-2)29(32)31-15-12-19(13-16-31)27-24-10-9-23(37(3,33)34)17-21(24)7-6-20-5-4-14-30-28(20)27/h4-5,8-11,14,17-18H,6-7,12-13,15-16H2,1-3H3. The molecule has 7 nitrogen and oxygen atoms in total. The van der Waals surface area contributed by atoms with Gasteiger partial charge in [0.05, 0.1) is 24.8 Å². The molecule has 3 aromatic rings. The highest BCUT2D eigenvalue weighted by Gasteiger charge is 2.28. The highest BCUT2D eigenvalue weighted by Crippen LogP contribution is 2.38. The van der Waals surface area contributed by atoms with Crippen molar-refractivity contribution in [2.24, 2.45) is 0 Å². The molecule has 2 heterocycles. The molecule has 0 unspecified atom stereocenters. The van der Waals surface area contributed by atoms with Crippen LogP contribution in [0.25, 0.3) is 5.57 Å². The summed E-state index contributed by atoms with van der Waals surface area (Å²) < 4.78 is 35.1. The number of pyridine rings is 1. The van der Waals surface area contributed by atoms with Gasteiger partial charge in [0.1, 0.15) is 0 Å². The van der Waals surface area contributed by atoms with Gasteiger partial charge in [-0.05, 0) is 78.8 Å². The molecule has 37 heavy (non-hydrogen) atoms. The van der Waals surface area contributed by atoms with E-state index in [-0.39, 0.29) is 5.91 Å². The van der Waals surface area contributed by atoms with Gasteiger partial charge in [-0.15, -0.1) is 0 Å². The predicted octanol–water partition coefficient (Wildman–Crippen LogP) is 4.34. The number of hydrogen-bond acceptors (Lipinski definition) is 6. The number of piperidine rings is 1. The van der Waals surface area contributed by atoms with Crippen LogP contribution in [-0.2, 0) is 22.7 Å². The lowest BCUT2D eigenvalue weighted by Crippen LogP contribution is -2.36. The van der Waals surface area contributed by atoms with Crippen molar-refractivity contribution >= 4 is 21.3 Å². The molecule has 1 aliphatic carbocycles. The highest BCUT2D eigenvalue weighted by molar-refractivity contribution is 7.90. The first-order chi connectivity index (χ1) is 17.8. The van der Waals surface area contributed by atoms with Crippen molar-refractivity contribution in [3.63, 3.8) is 0 Å². The van der Waals surface area contributed by atoms with Gasteiger partial charge in [0.25, 0.3) is 5.91 Å². The quantitative estimate of drug-likeness (QED) is 0.511. The number of sulfone groups is 1. The molecule has 1 amide bonds. The van der Waals surface area contributed by atoms with E-state index in [4.69, 9.17) is 14.5 Å². The lowest BCUT2D eigenvalue weighted by molar-refractivity contribution is 0.0743. The fraction of sp³-hybridized carbons (Fsp3) is 0.310. The van der Waals surface area contributed by atoms with Crippen molar-refractivity contribution in [2.45, 2.75) is 30.6 Å². The van der Waals surface area contributed by atoms with E-state index >= 15 is 0 Å². The average molecular weight is 519 g/mol. The Kier molecular flexibility index (Phi) is 6.77. The van der Waals surface area contributed by atoms with E-state index in [0.29, 0.717) is 35.0 Å². The number of carbonyl (C=O) groups excluding carboxylic acids is 1. The minimum atomic E-state index is -3.30. The molecule has 0 spiro atoms. The van der Waals surface area contributed by atoms with Gasteiger partial charge in [-0.1, -0.05) is 17.7 Å². The molecule has 2 aromatic carbocycles. The van der Waals surface area contributed by atoms with Gasteiger partial charge in [0.2, 0.25) is 0 Å². The zero-order valence-corrected chi connectivity index (χ0v) is 22.1. The smallest absolute Gasteiger partial charge is 0.254 e.